The van der Waals surface area contributed by atoms with Gasteiger partial charge in [-0.15, -0.1) is 0 Å². The van der Waals surface area contributed by atoms with Crippen molar-refractivity contribution in [2.45, 2.75) is 195 Å². The molecule has 0 radical (unpaired) electrons. The van der Waals surface area contributed by atoms with Crippen molar-refractivity contribution in [1.29, 1.82) is 0 Å². The maximum Gasteiger partial charge on any atom is 0.323 e. The Morgan fingerprint density at radius 1 is 0.467 bits per heavy atom. The molecule has 3 fully saturated rings. The van der Waals surface area contributed by atoms with Crippen molar-refractivity contribution < 1.29 is 89.9 Å². The maximum atomic E-state index is 13.0. The van der Waals surface area contributed by atoms with Gasteiger partial charge in [0.2, 0.25) is 0 Å². The Morgan fingerprint density at radius 2 is 0.722 bits per heavy atom. The Hall–Kier alpha value is -5.37. The highest BCUT2D eigenvalue weighted by Crippen LogP contribution is 2.48. The molecule has 90 heavy (non-hydrogen) atoms. The van der Waals surface area contributed by atoms with Crippen LogP contribution in [0.25, 0.3) is 0 Å². The van der Waals surface area contributed by atoms with E-state index in [9.17, 15) is 18.5 Å². The number of rotatable bonds is 21. The summed E-state index contributed by atoms with van der Waals surface area (Å²) >= 11 is 0. The van der Waals surface area contributed by atoms with E-state index in [-0.39, 0.29) is 68.1 Å². The number of carbonyl (C=O) groups is 3. The number of nitrogens with two attached hydrogens (primary N) is 3. The van der Waals surface area contributed by atoms with Crippen molar-refractivity contribution in [3.8, 4) is 34.5 Å². The highest BCUT2D eigenvalue weighted by Gasteiger charge is 2.45. The Kier molecular flexibility index (Phi) is 16.2. The predicted molar refractivity (Wildman–Crippen MR) is 353 cm³/mol. The normalized spacial score (nSPS) is 34.3. The molecule has 15 atom stereocenters. The van der Waals surface area contributed by atoms with E-state index in [1.807, 2.05) is 39.0 Å². The molecule has 0 spiro atoms. The van der Waals surface area contributed by atoms with Gasteiger partial charge in [0.15, 0.2) is 34.5 Å². The molecule has 6 N–H and O–H groups in total. The molecule has 0 aliphatic carbocycles. The van der Waals surface area contributed by atoms with Gasteiger partial charge in [0.05, 0.1) is 50.8 Å². The third kappa shape index (κ3) is 17.5. The molecule has 18 nitrogen and oxygen atoms in total. The Morgan fingerprint density at radius 3 is 0.956 bits per heavy atom. The fourth-order valence-electron chi connectivity index (χ4n) is 12.4. The average Bonchev–Trinajstić information content (AvgIpc) is 0.726. The van der Waals surface area contributed by atoms with E-state index in [4.69, 9.17) is 88.6 Å². The van der Waals surface area contributed by atoms with Crippen LogP contribution in [0.2, 0.25) is 0 Å². The zero-order valence-corrected chi connectivity index (χ0v) is 54.9. The summed E-state index contributed by atoms with van der Waals surface area (Å²) in [5.74, 6) is -13.4. The Bertz CT molecular complexity index is 3760. The second-order valence-corrected chi connectivity index (χ2v) is 24.9. The van der Waals surface area contributed by atoms with Crippen LogP contribution in [-0.4, -0.2) is 151 Å². The largest absolute Gasteiger partial charge is 0.493 e. The zero-order chi connectivity index (χ0) is 86.9. The van der Waals surface area contributed by atoms with Gasteiger partial charge < -0.3 is 59.8 Å². The molecule has 6 aliphatic rings. The molecule has 0 bridgehead atoms. The number of methoxy groups -OCH3 is 6. The average molecular weight is 1280 g/mol. The van der Waals surface area contributed by atoms with Crippen LogP contribution in [0.15, 0.2) is 36.4 Å². The summed E-state index contributed by atoms with van der Waals surface area (Å²) in [5, 5.41) is 0. The van der Waals surface area contributed by atoms with Crippen LogP contribution in [0.4, 0.5) is 0 Å². The number of hydrogen-bond acceptors (Lipinski definition) is 18. The standard InChI is InChI=1S/3C24H38N2O4/c3*1-14(2)9-17-13-26-8-7-16-10-21(28-5)22(29-6)11-18(16)19(26)12-20(17)30-24(27)23(25)15(3)4/h3*10-11,14-15,17,19-20,23H,7-9,12-13,25H2,1-6H3/t3*17?,19?,20?,23-/m000/s1/i1D3,5D3,9D2,14D,20D;2*1D3,9D2,14D,20D/t3*14?,17?,19?,20?,23-. The van der Waals surface area contributed by atoms with Crippen molar-refractivity contribution in [2.24, 2.45) is 70.4 Å². The maximum absolute atomic E-state index is 13.0. The number of carbonyl (C=O) groups excluding carboxylic acids is 3. The summed E-state index contributed by atoms with van der Waals surface area (Å²) in [6.07, 6.45) is -13.7. The molecule has 0 aromatic heterocycles. The predicted octanol–water partition coefficient (Wildman–Crippen LogP) is 10.7. The van der Waals surface area contributed by atoms with Gasteiger partial charge in [-0.1, -0.05) is 82.9 Å². The lowest BCUT2D eigenvalue weighted by molar-refractivity contribution is -0.161. The van der Waals surface area contributed by atoms with Gasteiger partial charge >= 0.3 is 17.9 Å². The molecular weight excluding hydrogens is 1140 g/mol. The number of fused-ring (bicyclic) bond motifs is 9. The lowest BCUT2D eigenvalue weighted by atomic mass is 9.79. The number of hydrogen-bond donors (Lipinski definition) is 3. The topological polar surface area (TPSA) is 222 Å². The lowest BCUT2D eigenvalue weighted by Gasteiger charge is -2.47. The third-order valence-electron chi connectivity index (χ3n) is 17.7. The van der Waals surface area contributed by atoms with E-state index >= 15 is 0 Å². The second kappa shape index (κ2) is 32.5. The second-order valence-electron chi connectivity index (χ2n) is 24.9. The molecule has 0 amide bonds. The first-order valence-corrected chi connectivity index (χ1v) is 30.9. The Labute approximate surface area is 573 Å². The molecule has 0 saturated carbocycles. The molecule has 504 valence electrons. The molecular formula is C72H114N6O12. The molecule has 3 saturated heterocycles. The molecule has 6 aliphatic heterocycles. The van der Waals surface area contributed by atoms with Gasteiger partial charge in [-0.2, -0.15) is 0 Å². The lowest BCUT2D eigenvalue weighted by Crippen LogP contribution is -2.51. The van der Waals surface area contributed by atoms with E-state index in [1.54, 1.807) is 67.9 Å². The highest BCUT2D eigenvalue weighted by atomic mass is 16.6. The summed E-state index contributed by atoms with van der Waals surface area (Å²) in [5.41, 5.74) is 23.0. The van der Waals surface area contributed by atoms with E-state index in [0.717, 1.165) is 48.6 Å². The fourth-order valence-corrected chi connectivity index (χ4v) is 12.4. The molecule has 9 rings (SSSR count). The van der Waals surface area contributed by atoms with Gasteiger partial charge in [0, 0.05) is 119 Å². The van der Waals surface area contributed by atoms with E-state index < -0.39 is 155 Å². The summed E-state index contributed by atoms with van der Waals surface area (Å²) in [4.78, 5) is 44.8. The van der Waals surface area contributed by atoms with Gasteiger partial charge in [-0.25, -0.2) is 0 Å². The quantitative estimate of drug-likeness (QED) is 0.0666. The van der Waals surface area contributed by atoms with Crippen LogP contribution in [0, 0.1) is 53.2 Å². The zero-order valence-electron chi connectivity index (χ0n) is 78.9. The van der Waals surface area contributed by atoms with Crippen LogP contribution in [-0.2, 0) is 47.9 Å². The van der Waals surface area contributed by atoms with E-state index in [0.29, 0.717) is 67.5 Å². The molecule has 6 heterocycles. The minimum absolute atomic E-state index is 0.0221. The smallest absolute Gasteiger partial charge is 0.323 e. The van der Waals surface area contributed by atoms with Gasteiger partial charge in [0.1, 0.15) is 36.4 Å². The number of piperidine rings is 3. The summed E-state index contributed by atoms with van der Waals surface area (Å²) in [6.45, 7) is 5.36. The highest BCUT2D eigenvalue weighted by molar-refractivity contribution is 5.77. The van der Waals surface area contributed by atoms with Crippen LogP contribution in [0.3, 0.4) is 0 Å². The van der Waals surface area contributed by atoms with Crippen molar-refractivity contribution in [2.75, 3.05) is 81.9 Å². The van der Waals surface area contributed by atoms with Crippen LogP contribution >= 0.6 is 0 Å². The van der Waals surface area contributed by atoms with Crippen molar-refractivity contribution in [1.82, 2.24) is 14.7 Å². The van der Waals surface area contributed by atoms with Crippen molar-refractivity contribution in [3.63, 3.8) is 0 Å². The summed E-state index contributed by atoms with van der Waals surface area (Å²) < 4.78 is 249. The number of nitrogens with zero attached hydrogens (tertiary/aromatic N) is 3. The van der Waals surface area contributed by atoms with Gasteiger partial charge in [0.25, 0.3) is 0 Å². The number of esters is 3. The first kappa shape index (κ1) is 45.0. The van der Waals surface area contributed by atoms with Gasteiger partial charge in [-0.05, 0) is 144 Å². The fraction of sp³-hybridized carbons (Fsp3) is 0.708. The van der Waals surface area contributed by atoms with Crippen LogP contribution < -0.4 is 45.6 Å². The summed E-state index contributed by atoms with van der Waals surface area (Å²) in [6, 6.07) is 5.91. The SMILES string of the molecule is [2H]C([2H])([2H])Oc1cc2c(cc1OC)C1CC([2H])(OC(=O)[C@@H](N)C(C)C)C(C([2H])([2H])C([2H])(C)C([2H])([2H])[2H])CN1CC2.[2H]C1(OC(=O)[C@@H](N)C(C)C)CC2c3cc(OC)c(OC)cc3CCN2CC1C([2H])([2H])C([2H])(C)C([2H])([2H])[2H].[2H]C1(OC(=O)[C@@H](N)C(C)C)CC2c3cc(OC)c(OC)cc3CCN2CC1C([2H])([2H])C([2H])(C)C([2H])([2H])[2H]. The molecule has 12 unspecified atom stereocenters. The molecule has 3 aromatic rings. The van der Waals surface area contributed by atoms with Crippen LogP contribution in [0.5, 0.6) is 34.5 Å². The van der Waals surface area contributed by atoms with E-state index in [2.05, 4.69) is 0 Å². The van der Waals surface area contributed by atoms with Crippen LogP contribution in [0.1, 0.15) is 206 Å². The summed E-state index contributed by atoms with van der Waals surface area (Å²) in [7, 11) is 4.77. The monoisotopic (exact) mass is 1280 g/mol. The molecule has 18 heteroatoms. The number of ether oxygens (including phenoxy) is 9. The van der Waals surface area contributed by atoms with Gasteiger partial charge in [-0.3, -0.25) is 29.1 Å². The van der Waals surface area contributed by atoms with E-state index in [1.165, 1.54) is 21.3 Å². The van der Waals surface area contributed by atoms with Crippen molar-refractivity contribution in [3.05, 3.63) is 69.8 Å². The number of benzene rings is 3. The first-order chi connectivity index (χ1) is 51.9. The first-order valence-electron chi connectivity index (χ1n) is 42.9. The third-order valence-corrected chi connectivity index (χ3v) is 17.7. The minimum Gasteiger partial charge on any atom is -0.493 e. The minimum atomic E-state index is -3.03. The molecule has 3 aromatic carbocycles. The Balaban J connectivity index is 0.000000237. The van der Waals surface area contributed by atoms with Crippen molar-refractivity contribution >= 4 is 17.9 Å².